The van der Waals surface area contributed by atoms with E-state index in [-0.39, 0.29) is 12.2 Å². The molecule has 0 aliphatic rings. The summed E-state index contributed by atoms with van der Waals surface area (Å²) in [5, 5.41) is 9.28. The molecule has 2 nitrogen and oxygen atoms in total. The van der Waals surface area contributed by atoms with Gasteiger partial charge in [0.25, 0.3) is 0 Å². The Kier molecular flexibility index (Phi) is 3.42. The van der Waals surface area contributed by atoms with Crippen LogP contribution in [-0.2, 0) is 11.2 Å². The number of phenols is 1. The van der Waals surface area contributed by atoms with Crippen molar-refractivity contribution in [3.8, 4) is 5.75 Å². The standard InChI is InChI=1S/C9H8BrFO2/c10-7-3-4-8(11)9(13)6(7)2-1-5-12/h3-5,13H,1-2H2. The predicted octanol–water partition coefficient (Wildman–Crippen LogP) is 2.43. The lowest BCUT2D eigenvalue weighted by Gasteiger charge is -2.05. The minimum Gasteiger partial charge on any atom is -0.505 e. The van der Waals surface area contributed by atoms with Gasteiger partial charge in [0.2, 0.25) is 0 Å². The maximum atomic E-state index is 12.8. The van der Waals surface area contributed by atoms with Gasteiger partial charge in [0.05, 0.1) is 0 Å². The van der Waals surface area contributed by atoms with E-state index in [1.54, 1.807) is 0 Å². The van der Waals surface area contributed by atoms with Crippen LogP contribution in [0.5, 0.6) is 5.75 Å². The second-order valence-electron chi connectivity index (χ2n) is 2.56. The van der Waals surface area contributed by atoms with Gasteiger partial charge in [0, 0.05) is 16.5 Å². The van der Waals surface area contributed by atoms with Gasteiger partial charge >= 0.3 is 0 Å². The highest BCUT2D eigenvalue weighted by molar-refractivity contribution is 9.10. The highest BCUT2D eigenvalue weighted by Crippen LogP contribution is 2.29. The Morgan fingerprint density at radius 2 is 2.23 bits per heavy atom. The molecule has 0 fully saturated rings. The molecule has 13 heavy (non-hydrogen) atoms. The maximum Gasteiger partial charge on any atom is 0.165 e. The second kappa shape index (κ2) is 4.37. The summed E-state index contributed by atoms with van der Waals surface area (Å²) in [6.07, 6.45) is 1.35. The first-order chi connectivity index (χ1) is 6.16. The fourth-order valence-corrected chi connectivity index (χ4v) is 1.54. The highest BCUT2D eigenvalue weighted by atomic mass is 79.9. The van der Waals surface area contributed by atoms with E-state index >= 15 is 0 Å². The van der Waals surface area contributed by atoms with E-state index in [1.807, 2.05) is 0 Å². The molecule has 1 rings (SSSR count). The van der Waals surface area contributed by atoms with Gasteiger partial charge in [0.1, 0.15) is 6.29 Å². The molecule has 0 bridgehead atoms. The quantitative estimate of drug-likeness (QED) is 0.833. The number of carbonyl (C=O) groups is 1. The molecule has 1 aromatic carbocycles. The third kappa shape index (κ3) is 2.28. The molecular formula is C9H8BrFO2. The molecule has 0 aliphatic carbocycles. The van der Waals surface area contributed by atoms with Crippen molar-refractivity contribution in [1.82, 2.24) is 0 Å². The topological polar surface area (TPSA) is 37.3 Å². The third-order valence-corrected chi connectivity index (χ3v) is 2.43. The minimum absolute atomic E-state index is 0.273. The first kappa shape index (κ1) is 10.2. The first-order valence-corrected chi connectivity index (χ1v) is 4.55. The van der Waals surface area contributed by atoms with Crippen LogP contribution in [0.25, 0.3) is 0 Å². The Bertz CT molecular complexity index is 326. The molecule has 0 radical (unpaired) electrons. The van der Waals surface area contributed by atoms with Gasteiger partial charge in [-0.3, -0.25) is 0 Å². The number of rotatable bonds is 3. The van der Waals surface area contributed by atoms with Crippen LogP contribution in [0.15, 0.2) is 16.6 Å². The third-order valence-electron chi connectivity index (χ3n) is 1.69. The number of aldehydes is 1. The van der Waals surface area contributed by atoms with Crippen LogP contribution in [0, 0.1) is 5.82 Å². The number of aromatic hydroxyl groups is 1. The molecular weight excluding hydrogens is 239 g/mol. The van der Waals surface area contributed by atoms with E-state index in [9.17, 15) is 14.3 Å². The van der Waals surface area contributed by atoms with Crippen LogP contribution >= 0.6 is 15.9 Å². The largest absolute Gasteiger partial charge is 0.505 e. The summed E-state index contributed by atoms with van der Waals surface area (Å²) in [5.41, 5.74) is 0.437. The number of hydrogen-bond acceptors (Lipinski definition) is 2. The fourth-order valence-electron chi connectivity index (χ4n) is 1.02. The Hall–Kier alpha value is -0.900. The van der Waals surface area contributed by atoms with Crippen molar-refractivity contribution in [1.29, 1.82) is 0 Å². The van der Waals surface area contributed by atoms with Crippen molar-refractivity contribution < 1.29 is 14.3 Å². The molecule has 0 saturated carbocycles. The Balaban J connectivity index is 3.02. The lowest BCUT2D eigenvalue weighted by atomic mass is 10.1. The van der Waals surface area contributed by atoms with Crippen molar-refractivity contribution >= 4 is 22.2 Å². The molecule has 0 heterocycles. The lowest BCUT2D eigenvalue weighted by molar-refractivity contribution is -0.107. The van der Waals surface area contributed by atoms with E-state index in [2.05, 4.69) is 15.9 Å². The van der Waals surface area contributed by atoms with Crippen LogP contribution in [0.3, 0.4) is 0 Å². The van der Waals surface area contributed by atoms with E-state index in [1.165, 1.54) is 12.1 Å². The Morgan fingerprint density at radius 1 is 1.54 bits per heavy atom. The fraction of sp³-hybridized carbons (Fsp3) is 0.222. The average molecular weight is 247 g/mol. The van der Waals surface area contributed by atoms with E-state index in [0.29, 0.717) is 16.5 Å². The zero-order valence-corrected chi connectivity index (χ0v) is 8.34. The Morgan fingerprint density at radius 3 is 2.85 bits per heavy atom. The van der Waals surface area contributed by atoms with Crippen LogP contribution in [-0.4, -0.2) is 11.4 Å². The average Bonchev–Trinajstić information content (AvgIpc) is 2.12. The minimum atomic E-state index is -0.663. The predicted molar refractivity (Wildman–Crippen MR) is 50.1 cm³/mol. The Labute approximate surface area is 83.5 Å². The number of halogens is 2. The zero-order valence-electron chi connectivity index (χ0n) is 6.76. The number of carbonyl (C=O) groups excluding carboxylic acids is 1. The molecule has 0 spiro atoms. The zero-order chi connectivity index (χ0) is 9.84. The summed E-state index contributed by atoms with van der Waals surface area (Å²) in [5.74, 6) is -1.04. The van der Waals surface area contributed by atoms with Crippen molar-refractivity contribution in [3.63, 3.8) is 0 Å². The van der Waals surface area contributed by atoms with Crippen LogP contribution < -0.4 is 0 Å². The summed E-state index contributed by atoms with van der Waals surface area (Å²) < 4.78 is 13.4. The molecule has 0 aliphatic heterocycles. The second-order valence-corrected chi connectivity index (χ2v) is 3.42. The van der Waals surface area contributed by atoms with Crippen LogP contribution in [0.2, 0.25) is 0 Å². The molecule has 0 aromatic heterocycles. The smallest absolute Gasteiger partial charge is 0.165 e. The summed E-state index contributed by atoms with van der Waals surface area (Å²) in [4.78, 5) is 10.1. The molecule has 4 heteroatoms. The molecule has 70 valence electrons. The molecule has 1 aromatic rings. The van der Waals surface area contributed by atoms with Gasteiger partial charge in [-0.15, -0.1) is 0 Å². The summed E-state index contributed by atoms with van der Waals surface area (Å²) >= 11 is 3.17. The summed E-state index contributed by atoms with van der Waals surface area (Å²) in [7, 11) is 0. The number of phenolic OH excluding ortho intramolecular Hbond substituents is 1. The molecule has 0 atom stereocenters. The normalized spacial score (nSPS) is 10.0. The first-order valence-electron chi connectivity index (χ1n) is 3.76. The molecule has 0 amide bonds. The molecule has 0 saturated heterocycles. The molecule has 1 N–H and O–H groups in total. The summed E-state index contributed by atoms with van der Waals surface area (Å²) in [6, 6.07) is 2.68. The van der Waals surface area contributed by atoms with Crippen LogP contribution in [0.1, 0.15) is 12.0 Å². The van der Waals surface area contributed by atoms with Crippen molar-refractivity contribution in [3.05, 3.63) is 28.0 Å². The van der Waals surface area contributed by atoms with E-state index in [0.717, 1.165) is 6.29 Å². The van der Waals surface area contributed by atoms with E-state index in [4.69, 9.17) is 0 Å². The van der Waals surface area contributed by atoms with Crippen molar-refractivity contribution in [2.24, 2.45) is 0 Å². The van der Waals surface area contributed by atoms with Gasteiger partial charge in [-0.25, -0.2) is 4.39 Å². The van der Waals surface area contributed by atoms with Gasteiger partial charge in [-0.2, -0.15) is 0 Å². The van der Waals surface area contributed by atoms with Crippen LogP contribution in [0.4, 0.5) is 4.39 Å². The van der Waals surface area contributed by atoms with Gasteiger partial charge in [0.15, 0.2) is 11.6 Å². The van der Waals surface area contributed by atoms with Crippen molar-refractivity contribution in [2.45, 2.75) is 12.8 Å². The lowest BCUT2D eigenvalue weighted by Crippen LogP contribution is -1.91. The SMILES string of the molecule is O=CCCc1c(Br)ccc(F)c1O. The van der Waals surface area contributed by atoms with Gasteiger partial charge in [-0.05, 0) is 18.6 Å². The monoisotopic (exact) mass is 246 g/mol. The van der Waals surface area contributed by atoms with E-state index < -0.39 is 5.82 Å². The highest BCUT2D eigenvalue weighted by Gasteiger charge is 2.10. The number of benzene rings is 1. The van der Waals surface area contributed by atoms with Gasteiger partial charge in [-0.1, -0.05) is 15.9 Å². The molecule has 0 unspecified atom stereocenters. The summed E-state index contributed by atoms with van der Waals surface area (Å²) in [6.45, 7) is 0. The van der Waals surface area contributed by atoms with Gasteiger partial charge < -0.3 is 9.90 Å². The number of hydrogen-bond donors (Lipinski definition) is 1. The maximum absolute atomic E-state index is 12.8. The van der Waals surface area contributed by atoms with Crippen molar-refractivity contribution in [2.75, 3.05) is 0 Å².